The Bertz CT molecular complexity index is 457. The summed E-state index contributed by atoms with van der Waals surface area (Å²) in [6, 6.07) is 6.58. The third-order valence-corrected chi connectivity index (χ3v) is 3.43. The van der Waals surface area contributed by atoms with Crippen molar-refractivity contribution in [1.82, 2.24) is 5.32 Å². The fourth-order valence-electron chi connectivity index (χ4n) is 1.44. The van der Waals surface area contributed by atoms with Gasteiger partial charge in [0.15, 0.2) is 9.84 Å². The Morgan fingerprint density at radius 1 is 1.41 bits per heavy atom. The van der Waals surface area contributed by atoms with Crippen LogP contribution in [0.3, 0.4) is 0 Å². The van der Waals surface area contributed by atoms with E-state index in [9.17, 15) is 8.42 Å². The van der Waals surface area contributed by atoms with Gasteiger partial charge in [0.05, 0.1) is 11.5 Å². The summed E-state index contributed by atoms with van der Waals surface area (Å²) in [5, 5.41) is 3.06. The second-order valence-corrected chi connectivity index (χ2v) is 6.24. The van der Waals surface area contributed by atoms with E-state index in [0.29, 0.717) is 18.3 Å². The van der Waals surface area contributed by atoms with Crippen LogP contribution in [0.4, 0.5) is 0 Å². The third-order valence-electron chi connectivity index (χ3n) is 2.32. The quantitative estimate of drug-likeness (QED) is 0.835. The highest BCUT2D eigenvalue weighted by Gasteiger charge is 2.08. The zero-order valence-corrected chi connectivity index (χ0v) is 11.3. The molecule has 4 nitrogen and oxygen atoms in total. The van der Waals surface area contributed by atoms with Crippen LogP contribution in [0.15, 0.2) is 29.2 Å². The summed E-state index contributed by atoms with van der Waals surface area (Å²) in [6.07, 6.45) is 1.19. The van der Waals surface area contributed by atoms with Gasteiger partial charge in [-0.3, -0.25) is 0 Å². The smallest absolute Gasteiger partial charge is 0.175 e. The maximum atomic E-state index is 11.4. The van der Waals surface area contributed by atoms with E-state index in [-0.39, 0.29) is 4.90 Å². The SMILES string of the molecule is CNCC(C)COc1cccc(S(C)(=O)=O)c1. The molecule has 0 aliphatic carbocycles. The van der Waals surface area contributed by atoms with E-state index in [1.54, 1.807) is 24.3 Å². The molecule has 5 heteroatoms. The van der Waals surface area contributed by atoms with E-state index in [0.717, 1.165) is 6.54 Å². The van der Waals surface area contributed by atoms with Crippen molar-refractivity contribution < 1.29 is 13.2 Å². The molecule has 0 aliphatic heterocycles. The van der Waals surface area contributed by atoms with Crippen molar-refractivity contribution in [2.24, 2.45) is 5.92 Å². The average Bonchev–Trinajstić information content (AvgIpc) is 2.26. The molecule has 0 spiro atoms. The molecule has 1 aromatic rings. The van der Waals surface area contributed by atoms with Crippen LogP contribution in [0.25, 0.3) is 0 Å². The van der Waals surface area contributed by atoms with Gasteiger partial charge >= 0.3 is 0 Å². The molecule has 0 amide bonds. The van der Waals surface area contributed by atoms with Gasteiger partial charge < -0.3 is 10.1 Å². The van der Waals surface area contributed by atoms with Crippen molar-refractivity contribution >= 4 is 9.84 Å². The van der Waals surface area contributed by atoms with Crippen molar-refractivity contribution in [2.45, 2.75) is 11.8 Å². The van der Waals surface area contributed by atoms with Crippen molar-refractivity contribution in [3.63, 3.8) is 0 Å². The number of hydrogen-bond acceptors (Lipinski definition) is 4. The van der Waals surface area contributed by atoms with Crippen LogP contribution in [0.5, 0.6) is 5.75 Å². The van der Waals surface area contributed by atoms with Crippen LogP contribution in [-0.2, 0) is 9.84 Å². The number of ether oxygens (including phenoxy) is 1. The Morgan fingerprint density at radius 3 is 2.71 bits per heavy atom. The van der Waals surface area contributed by atoms with Gasteiger partial charge in [0.1, 0.15) is 5.75 Å². The number of sulfone groups is 1. The highest BCUT2D eigenvalue weighted by atomic mass is 32.2. The van der Waals surface area contributed by atoms with E-state index in [2.05, 4.69) is 12.2 Å². The molecule has 1 N–H and O–H groups in total. The second kappa shape index (κ2) is 6.02. The van der Waals surface area contributed by atoms with Gasteiger partial charge in [-0.15, -0.1) is 0 Å². The highest BCUT2D eigenvalue weighted by molar-refractivity contribution is 7.90. The van der Waals surface area contributed by atoms with Crippen LogP contribution in [0.2, 0.25) is 0 Å². The summed E-state index contributed by atoms with van der Waals surface area (Å²) in [5.74, 6) is 0.970. The summed E-state index contributed by atoms with van der Waals surface area (Å²) in [7, 11) is -1.28. The lowest BCUT2D eigenvalue weighted by molar-refractivity contribution is 0.257. The Hall–Kier alpha value is -1.07. The normalized spacial score (nSPS) is 13.4. The van der Waals surface area contributed by atoms with Crippen molar-refractivity contribution in [3.8, 4) is 5.75 Å². The summed E-state index contributed by atoms with van der Waals surface area (Å²) >= 11 is 0. The predicted molar refractivity (Wildman–Crippen MR) is 68.1 cm³/mol. The summed E-state index contributed by atoms with van der Waals surface area (Å²) in [5.41, 5.74) is 0. The van der Waals surface area contributed by atoms with Gasteiger partial charge in [-0.2, -0.15) is 0 Å². The van der Waals surface area contributed by atoms with Gasteiger partial charge in [-0.25, -0.2) is 8.42 Å². The summed E-state index contributed by atoms with van der Waals surface area (Å²) < 4.78 is 28.3. The van der Waals surface area contributed by atoms with E-state index < -0.39 is 9.84 Å². The third kappa shape index (κ3) is 4.75. The first-order chi connectivity index (χ1) is 7.93. The second-order valence-electron chi connectivity index (χ2n) is 4.22. The van der Waals surface area contributed by atoms with E-state index in [1.165, 1.54) is 6.26 Å². The largest absolute Gasteiger partial charge is 0.493 e. The zero-order valence-electron chi connectivity index (χ0n) is 10.4. The summed E-state index contributed by atoms with van der Waals surface area (Å²) in [4.78, 5) is 0.288. The fourth-order valence-corrected chi connectivity index (χ4v) is 2.10. The van der Waals surface area contributed by atoms with E-state index in [1.807, 2.05) is 7.05 Å². The summed E-state index contributed by atoms with van der Waals surface area (Å²) in [6.45, 7) is 3.50. The van der Waals surface area contributed by atoms with Gasteiger partial charge in [-0.05, 0) is 25.2 Å². The van der Waals surface area contributed by atoms with Crippen molar-refractivity contribution in [2.75, 3.05) is 26.5 Å². The molecule has 1 rings (SSSR count). The first kappa shape index (κ1) is 14.0. The molecule has 96 valence electrons. The van der Waals surface area contributed by atoms with Crippen LogP contribution >= 0.6 is 0 Å². The number of benzene rings is 1. The molecule has 17 heavy (non-hydrogen) atoms. The Balaban J connectivity index is 2.67. The maximum absolute atomic E-state index is 11.4. The molecule has 0 fully saturated rings. The molecule has 0 aliphatic rings. The minimum atomic E-state index is -3.17. The molecule has 1 atom stereocenters. The molecule has 0 saturated carbocycles. The van der Waals surface area contributed by atoms with E-state index >= 15 is 0 Å². The van der Waals surface area contributed by atoms with Crippen LogP contribution in [0.1, 0.15) is 6.92 Å². The molecule has 0 aromatic heterocycles. The maximum Gasteiger partial charge on any atom is 0.175 e. The van der Waals surface area contributed by atoms with Gasteiger partial charge in [0.2, 0.25) is 0 Å². The lowest BCUT2D eigenvalue weighted by Gasteiger charge is -2.12. The minimum absolute atomic E-state index is 0.288. The first-order valence-electron chi connectivity index (χ1n) is 5.51. The monoisotopic (exact) mass is 257 g/mol. The lowest BCUT2D eigenvalue weighted by Crippen LogP contribution is -2.21. The average molecular weight is 257 g/mol. The number of rotatable bonds is 6. The molecular weight excluding hydrogens is 238 g/mol. The molecule has 0 saturated heterocycles. The minimum Gasteiger partial charge on any atom is -0.493 e. The van der Waals surface area contributed by atoms with Gasteiger partial charge in [0, 0.05) is 18.7 Å². The Kier molecular flexibility index (Phi) is 4.96. The molecule has 1 aromatic carbocycles. The topological polar surface area (TPSA) is 55.4 Å². The number of nitrogens with one attached hydrogen (secondary N) is 1. The van der Waals surface area contributed by atoms with Crippen molar-refractivity contribution in [3.05, 3.63) is 24.3 Å². The zero-order chi connectivity index (χ0) is 12.9. The Morgan fingerprint density at radius 2 is 2.12 bits per heavy atom. The van der Waals surface area contributed by atoms with Crippen LogP contribution in [-0.4, -0.2) is 34.9 Å². The highest BCUT2D eigenvalue weighted by Crippen LogP contribution is 2.17. The predicted octanol–water partition coefficient (Wildman–Crippen LogP) is 1.32. The molecular formula is C12H19NO3S. The van der Waals surface area contributed by atoms with E-state index in [4.69, 9.17) is 4.74 Å². The standard InChI is InChI=1S/C12H19NO3S/c1-10(8-13-2)9-16-11-5-4-6-12(7-11)17(3,14)15/h4-7,10,13H,8-9H2,1-3H3. The lowest BCUT2D eigenvalue weighted by atomic mass is 10.2. The molecule has 1 unspecified atom stereocenters. The number of hydrogen-bond donors (Lipinski definition) is 1. The van der Waals surface area contributed by atoms with Crippen LogP contribution < -0.4 is 10.1 Å². The molecule has 0 radical (unpaired) electrons. The molecule has 0 heterocycles. The fraction of sp³-hybridized carbons (Fsp3) is 0.500. The van der Waals surface area contributed by atoms with Gasteiger partial charge in [-0.1, -0.05) is 13.0 Å². The molecule has 0 bridgehead atoms. The first-order valence-corrected chi connectivity index (χ1v) is 7.40. The van der Waals surface area contributed by atoms with Crippen LogP contribution in [0, 0.1) is 5.92 Å². The van der Waals surface area contributed by atoms with Crippen molar-refractivity contribution in [1.29, 1.82) is 0 Å². The Labute approximate surface area is 103 Å². The van der Waals surface area contributed by atoms with Gasteiger partial charge in [0.25, 0.3) is 0 Å².